The molecule has 0 atom stereocenters. The zero-order valence-electron chi connectivity index (χ0n) is 11.5. The molecular formula is C14H21N3O2. The van der Waals surface area contributed by atoms with E-state index in [1.165, 1.54) is 0 Å². The Bertz CT molecular complexity index is 454. The minimum absolute atomic E-state index is 0.0265. The number of amides is 1. The summed E-state index contributed by atoms with van der Waals surface area (Å²) in [6.07, 6.45) is 3.62. The smallest absolute Gasteiger partial charge is 0.217 e. The third-order valence-electron chi connectivity index (χ3n) is 3.49. The molecule has 2 rings (SSSR count). The van der Waals surface area contributed by atoms with E-state index < -0.39 is 0 Å². The Kier molecular flexibility index (Phi) is 4.37. The van der Waals surface area contributed by atoms with Gasteiger partial charge in [0.25, 0.3) is 0 Å². The van der Waals surface area contributed by atoms with Crippen LogP contribution < -0.4 is 10.2 Å². The molecule has 2 N–H and O–H groups in total. The van der Waals surface area contributed by atoms with Crippen molar-refractivity contribution in [2.75, 3.05) is 18.0 Å². The fourth-order valence-electron chi connectivity index (χ4n) is 2.57. The molecule has 1 aromatic rings. The number of nitrogens with zero attached hydrogens (tertiary/aromatic N) is 2. The van der Waals surface area contributed by atoms with E-state index in [1.807, 2.05) is 13.0 Å². The Labute approximate surface area is 113 Å². The highest BCUT2D eigenvalue weighted by molar-refractivity contribution is 5.73. The molecule has 104 valence electrons. The number of aromatic nitrogens is 1. The summed E-state index contributed by atoms with van der Waals surface area (Å²) < 4.78 is 0. The second-order valence-corrected chi connectivity index (χ2v) is 5.10. The molecule has 2 heterocycles. The van der Waals surface area contributed by atoms with Crippen molar-refractivity contribution < 1.29 is 9.90 Å². The average Bonchev–Trinajstić information content (AvgIpc) is 2.39. The summed E-state index contributed by atoms with van der Waals surface area (Å²) >= 11 is 0. The van der Waals surface area contributed by atoms with Crippen molar-refractivity contribution in [1.82, 2.24) is 10.3 Å². The standard InChI is InChI=1S/C14H21N3O2/c1-10-7-12(9-18)8-15-14(10)17-5-3-13(4-6-17)16-11(2)19/h7-8,13,18H,3-6,9H2,1-2H3,(H,16,19). The maximum absolute atomic E-state index is 11.0. The number of aliphatic hydroxyl groups excluding tert-OH is 1. The molecule has 0 aliphatic carbocycles. The Morgan fingerprint density at radius 1 is 1.53 bits per heavy atom. The van der Waals surface area contributed by atoms with Crippen LogP contribution in [0.5, 0.6) is 0 Å². The van der Waals surface area contributed by atoms with Gasteiger partial charge >= 0.3 is 0 Å². The van der Waals surface area contributed by atoms with E-state index in [1.54, 1.807) is 13.1 Å². The largest absolute Gasteiger partial charge is 0.392 e. The summed E-state index contributed by atoms with van der Waals surface area (Å²) in [7, 11) is 0. The summed E-state index contributed by atoms with van der Waals surface area (Å²) in [5.74, 6) is 1.03. The van der Waals surface area contributed by atoms with E-state index in [0.717, 1.165) is 42.9 Å². The van der Waals surface area contributed by atoms with E-state index in [-0.39, 0.29) is 18.6 Å². The molecule has 5 heteroatoms. The average molecular weight is 263 g/mol. The van der Waals surface area contributed by atoms with Crippen LogP contribution in [0.3, 0.4) is 0 Å². The Balaban J connectivity index is 1.99. The highest BCUT2D eigenvalue weighted by Gasteiger charge is 2.21. The van der Waals surface area contributed by atoms with Gasteiger partial charge in [0.1, 0.15) is 5.82 Å². The van der Waals surface area contributed by atoms with Gasteiger partial charge in [-0.25, -0.2) is 4.98 Å². The van der Waals surface area contributed by atoms with Crippen LogP contribution in [0.25, 0.3) is 0 Å². The van der Waals surface area contributed by atoms with Gasteiger partial charge in [-0.3, -0.25) is 4.79 Å². The summed E-state index contributed by atoms with van der Waals surface area (Å²) in [5, 5.41) is 12.1. The lowest BCUT2D eigenvalue weighted by atomic mass is 10.0. The number of carbonyl (C=O) groups is 1. The molecule has 5 nitrogen and oxygen atoms in total. The molecule has 1 amide bonds. The van der Waals surface area contributed by atoms with Gasteiger partial charge < -0.3 is 15.3 Å². The van der Waals surface area contributed by atoms with E-state index in [2.05, 4.69) is 15.2 Å². The molecule has 19 heavy (non-hydrogen) atoms. The normalized spacial score (nSPS) is 16.5. The fraction of sp³-hybridized carbons (Fsp3) is 0.571. The first-order chi connectivity index (χ1) is 9.10. The number of pyridine rings is 1. The minimum Gasteiger partial charge on any atom is -0.392 e. The quantitative estimate of drug-likeness (QED) is 0.853. The lowest BCUT2D eigenvalue weighted by molar-refractivity contribution is -0.119. The maximum atomic E-state index is 11.0. The van der Waals surface area contributed by atoms with Gasteiger partial charge in [-0.1, -0.05) is 0 Å². The zero-order valence-corrected chi connectivity index (χ0v) is 11.5. The zero-order chi connectivity index (χ0) is 13.8. The van der Waals surface area contributed by atoms with E-state index in [4.69, 9.17) is 5.11 Å². The number of hydrogen-bond donors (Lipinski definition) is 2. The Morgan fingerprint density at radius 2 is 2.21 bits per heavy atom. The molecule has 0 unspecified atom stereocenters. The van der Waals surface area contributed by atoms with Crippen molar-refractivity contribution in [1.29, 1.82) is 0 Å². The van der Waals surface area contributed by atoms with Crippen molar-refractivity contribution in [3.63, 3.8) is 0 Å². The van der Waals surface area contributed by atoms with Crippen molar-refractivity contribution in [3.8, 4) is 0 Å². The predicted octanol–water partition coefficient (Wildman–Crippen LogP) is 0.987. The summed E-state index contributed by atoms with van der Waals surface area (Å²) in [6.45, 7) is 5.40. The van der Waals surface area contributed by atoms with E-state index >= 15 is 0 Å². The van der Waals surface area contributed by atoms with Gasteiger partial charge in [0.15, 0.2) is 0 Å². The van der Waals surface area contributed by atoms with E-state index in [0.29, 0.717) is 0 Å². The lowest BCUT2D eigenvalue weighted by Crippen LogP contribution is -2.44. The van der Waals surface area contributed by atoms with Gasteiger partial charge in [-0.15, -0.1) is 0 Å². The number of piperidine rings is 1. The first-order valence-electron chi connectivity index (χ1n) is 6.68. The number of aryl methyl sites for hydroxylation is 1. The predicted molar refractivity (Wildman–Crippen MR) is 73.9 cm³/mol. The number of anilines is 1. The Hall–Kier alpha value is -1.62. The monoisotopic (exact) mass is 263 g/mol. The van der Waals surface area contributed by atoms with Gasteiger partial charge in [0.05, 0.1) is 6.61 Å². The van der Waals surface area contributed by atoms with Crippen molar-refractivity contribution in [3.05, 3.63) is 23.4 Å². The summed E-state index contributed by atoms with van der Waals surface area (Å²) in [6, 6.07) is 2.26. The van der Waals surface area contributed by atoms with Crippen molar-refractivity contribution in [2.45, 2.75) is 39.3 Å². The fourth-order valence-corrected chi connectivity index (χ4v) is 2.57. The maximum Gasteiger partial charge on any atom is 0.217 e. The van der Waals surface area contributed by atoms with Crippen LogP contribution >= 0.6 is 0 Å². The molecule has 1 aromatic heterocycles. The highest BCUT2D eigenvalue weighted by Crippen LogP contribution is 2.22. The topological polar surface area (TPSA) is 65.5 Å². The molecule has 1 aliphatic heterocycles. The van der Waals surface area contributed by atoms with Crippen LogP contribution in [0, 0.1) is 6.92 Å². The number of carbonyl (C=O) groups excluding carboxylic acids is 1. The summed E-state index contributed by atoms with van der Waals surface area (Å²) in [5.41, 5.74) is 1.93. The van der Waals surface area contributed by atoms with Crippen LogP contribution in [-0.4, -0.2) is 35.1 Å². The Morgan fingerprint density at radius 3 is 2.74 bits per heavy atom. The molecule has 1 fully saturated rings. The van der Waals surface area contributed by atoms with Gasteiger partial charge in [-0.2, -0.15) is 0 Å². The minimum atomic E-state index is 0.0265. The molecule has 1 saturated heterocycles. The van der Waals surface area contributed by atoms with Crippen molar-refractivity contribution >= 4 is 11.7 Å². The third kappa shape index (κ3) is 3.44. The first-order valence-corrected chi connectivity index (χ1v) is 6.68. The SMILES string of the molecule is CC(=O)NC1CCN(c2ncc(CO)cc2C)CC1. The number of aliphatic hydroxyl groups is 1. The highest BCUT2D eigenvalue weighted by atomic mass is 16.3. The van der Waals surface area contributed by atoms with E-state index in [9.17, 15) is 4.79 Å². The second-order valence-electron chi connectivity index (χ2n) is 5.10. The molecule has 0 bridgehead atoms. The van der Waals surface area contributed by atoms with Gasteiger partial charge in [0.2, 0.25) is 5.91 Å². The third-order valence-corrected chi connectivity index (χ3v) is 3.49. The second kappa shape index (κ2) is 6.02. The van der Waals surface area contributed by atoms with Crippen LogP contribution in [0.15, 0.2) is 12.3 Å². The molecule has 0 aromatic carbocycles. The van der Waals surface area contributed by atoms with Gasteiger partial charge in [-0.05, 0) is 37.0 Å². The number of nitrogens with one attached hydrogen (secondary N) is 1. The van der Waals surface area contributed by atoms with Crippen molar-refractivity contribution in [2.24, 2.45) is 0 Å². The number of hydrogen-bond acceptors (Lipinski definition) is 4. The lowest BCUT2D eigenvalue weighted by Gasteiger charge is -2.33. The van der Waals surface area contributed by atoms with Crippen LogP contribution in [0.2, 0.25) is 0 Å². The molecule has 0 spiro atoms. The summed E-state index contributed by atoms with van der Waals surface area (Å²) in [4.78, 5) is 17.7. The number of rotatable bonds is 3. The first kappa shape index (κ1) is 13.8. The van der Waals surface area contributed by atoms with Crippen LogP contribution in [-0.2, 0) is 11.4 Å². The molecule has 0 saturated carbocycles. The molecule has 0 radical (unpaired) electrons. The van der Waals surface area contributed by atoms with Gasteiger partial charge in [0, 0.05) is 32.3 Å². The molecule has 1 aliphatic rings. The molecular weight excluding hydrogens is 242 g/mol. The van der Waals surface area contributed by atoms with Crippen LogP contribution in [0.4, 0.5) is 5.82 Å². The van der Waals surface area contributed by atoms with Crippen LogP contribution in [0.1, 0.15) is 30.9 Å².